The van der Waals surface area contributed by atoms with Gasteiger partial charge in [0.2, 0.25) is 0 Å². The molecule has 1 aromatic heterocycles. The standard InChI is InChI=1S/C15H19N3S/c16-6-12-15(19-13(7-17)18-12)14-10-2-8-1-9(4-10)5-11(14)3-8/h8-11,14H,1-5,7,17H2. The summed E-state index contributed by atoms with van der Waals surface area (Å²) >= 11 is 1.70. The first kappa shape index (κ1) is 11.9. The van der Waals surface area contributed by atoms with Gasteiger partial charge in [-0.05, 0) is 55.8 Å². The molecular weight excluding hydrogens is 254 g/mol. The number of nitrogens with zero attached hydrogens (tertiary/aromatic N) is 2. The summed E-state index contributed by atoms with van der Waals surface area (Å²) in [4.78, 5) is 5.67. The molecule has 0 atom stereocenters. The Balaban J connectivity index is 1.73. The van der Waals surface area contributed by atoms with Gasteiger partial charge in [-0.2, -0.15) is 5.26 Å². The van der Waals surface area contributed by atoms with Crippen LogP contribution in [0, 0.1) is 35.0 Å². The van der Waals surface area contributed by atoms with Gasteiger partial charge in [-0.25, -0.2) is 4.98 Å². The van der Waals surface area contributed by atoms with E-state index in [0.717, 1.165) is 28.7 Å². The summed E-state index contributed by atoms with van der Waals surface area (Å²) in [6.45, 7) is 0.465. The van der Waals surface area contributed by atoms with Gasteiger partial charge in [0.15, 0.2) is 5.69 Å². The molecule has 0 radical (unpaired) electrons. The Labute approximate surface area is 117 Å². The van der Waals surface area contributed by atoms with Crippen molar-refractivity contribution in [3.8, 4) is 6.07 Å². The summed E-state index contributed by atoms with van der Waals surface area (Å²) < 4.78 is 0. The molecule has 4 bridgehead atoms. The predicted molar refractivity (Wildman–Crippen MR) is 74.5 cm³/mol. The van der Waals surface area contributed by atoms with E-state index in [1.54, 1.807) is 11.3 Å². The van der Waals surface area contributed by atoms with Crippen LogP contribution in [0.3, 0.4) is 0 Å². The van der Waals surface area contributed by atoms with E-state index in [2.05, 4.69) is 11.1 Å². The Kier molecular flexibility index (Phi) is 2.68. The molecule has 100 valence electrons. The molecule has 4 saturated carbocycles. The van der Waals surface area contributed by atoms with Crippen molar-refractivity contribution in [1.29, 1.82) is 5.26 Å². The molecular formula is C15H19N3S. The number of nitriles is 1. The van der Waals surface area contributed by atoms with Gasteiger partial charge in [0.1, 0.15) is 11.1 Å². The van der Waals surface area contributed by atoms with Crippen molar-refractivity contribution in [3.63, 3.8) is 0 Å². The van der Waals surface area contributed by atoms with Crippen molar-refractivity contribution in [2.75, 3.05) is 0 Å². The van der Waals surface area contributed by atoms with E-state index in [1.165, 1.54) is 37.0 Å². The molecule has 4 aliphatic rings. The van der Waals surface area contributed by atoms with Gasteiger partial charge in [-0.1, -0.05) is 0 Å². The molecule has 4 fully saturated rings. The van der Waals surface area contributed by atoms with Crippen molar-refractivity contribution < 1.29 is 0 Å². The quantitative estimate of drug-likeness (QED) is 0.901. The van der Waals surface area contributed by atoms with Gasteiger partial charge in [-0.3, -0.25) is 0 Å². The highest BCUT2D eigenvalue weighted by atomic mass is 32.1. The van der Waals surface area contributed by atoms with Crippen molar-refractivity contribution >= 4 is 11.3 Å². The van der Waals surface area contributed by atoms with Crippen LogP contribution in [-0.4, -0.2) is 4.98 Å². The zero-order chi connectivity index (χ0) is 13.0. The average Bonchev–Trinajstić information content (AvgIpc) is 2.81. The number of aromatic nitrogens is 1. The van der Waals surface area contributed by atoms with E-state index in [-0.39, 0.29) is 0 Å². The van der Waals surface area contributed by atoms with E-state index in [9.17, 15) is 5.26 Å². The first-order valence-corrected chi connectivity index (χ1v) is 8.20. The maximum Gasteiger partial charge on any atom is 0.155 e. The third kappa shape index (κ3) is 1.75. The smallest absolute Gasteiger partial charge is 0.155 e. The predicted octanol–water partition coefficient (Wildman–Crippen LogP) is 3.01. The molecule has 2 N–H and O–H groups in total. The maximum absolute atomic E-state index is 9.34. The van der Waals surface area contributed by atoms with Gasteiger partial charge in [0.05, 0.1) is 0 Å². The Morgan fingerprint density at radius 2 is 1.79 bits per heavy atom. The Morgan fingerprint density at radius 3 is 2.32 bits per heavy atom. The van der Waals surface area contributed by atoms with Crippen LogP contribution in [0.2, 0.25) is 0 Å². The number of thiazole rings is 1. The van der Waals surface area contributed by atoms with Gasteiger partial charge in [0, 0.05) is 17.3 Å². The molecule has 0 spiro atoms. The van der Waals surface area contributed by atoms with Crippen LogP contribution in [-0.2, 0) is 6.54 Å². The summed E-state index contributed by atoms with van der Waals surface area (Å²) in [6.07, 6.45) is 7.02. The minimum absolute atomic E-state index is 0.465. The second-order valence-electron chi connectivity index (χ2n) is 6.59. The topological polar surface area (TPSA) is 62.7 Å². The van der Waals surface area contributed by atoms with Gasteiger partial charge < -0.3 is 5.73 Å². The minimum atomic E-state index is 0.465. The van der Waals surface area contributed by atoms with Gasteiger partial charge in [-0.15, -0.1) is 11.3 Å². The van der Waals surface area contributed by atoms with E-state index in [1.807, 2.05) is 0 Å². The Morgan fingerprint density at radius 1 is 1.16 bits per heavy atom. The summed E-state index contributed by atoms with van der Waals surface area (Å²) in [5.41, 5.74) is 6.37. The molecule has 19 heavy (non-hydrogen) atoms. The molecule has 0 aromatic carbocycles. The van der Waals surface area contributed by atoms with Gasteiger partial charge >= 0.3 is 0 Å². The van der Waals surface area contributed by atoms with Crippen LogP contribution >= 0.6 is 11.3 Å². The molecule has 5 rings (SSSR count). The summed E-state index contributed by atoms with van der Waals surface area (Å²) in [5, 5.41) is 10.3. The molecule has 3 nitrogen and oxygen atoms in total. The lowest BCUT2D eigenvalue weighted by Crippen LogP contribution is -2.43. The molecule has 1 heterocycles. The fourth-order valence-electron chi connectivity index (χ4n) is 5.12. The second kappa shape index (κ2) is 4.29. The fraction of sp³-hybridized carbons (Fsp3) is 0.733. The lowest BCUT2D eigenvalue weighted by Gasteiger charge is -2.54. The highest BCUT2D eigenvalue weighted by Gasteiger charge is 2.49. The SMILES string of the molecule is N#Cc1nc(CN)sc1C1C2CC3CC(C2)CC1C3. The van der Waals surface area contributed by atoms with E-state index >= 15 is 0 Å². The highest BCUT2D eigenvalue weighted by molar-refractivity contribution is 7.11. The normalized spacial score (nSPS) is 39.5. The molecule has 0 amide bonds. The van der Waals surface area contributed by atoms with Crippen LogP contribution in [0.4, 0.5) is 0 Å². The van der Waals surface area contributed by atoms with Crippen LogP contribution in [0.15, 0.2) is 0 Å². The third-order valence-corrected chi connectivity index (χ3v) is 6.69. The van der Waals surface area contributed by atoms with Crippen LogP contribution < -0.4 is 5.73 Å². The van der Waals surface area contributed by atoms with E-state index in [4.69, 9.17) is 5.73 Å². The molecule has 4 aliphatic carbocycles. The van der Waals surface area contributed by atoms with Crippen molar-refractivity contribution in [1.82, 2.24) is 4.98 Å². The Bertz CT molecular complexity index is 514. The zero-order valence-corrected chi connectivity index (χ0v) is 11.8. The summed E-state index contributed by atoms with van der Waals surface area (Å²) in [6, 6.07) is 2.30. The van der Waals surface area contributed by atoms with E-state index in [0.29, 0.717) is 18.2 Å². The lowest BCUT2D eigenvalue weighted by molar-refractivity contribution is -0.00175. The number of hydrogen-bond acceptors (Lipinski definition) is 4. The largest absolute Gasteiger partial charge is 0.325 e. The van der Waals surface area contributed by atoms with E-state index < -0.39 is 0 Å². The Hall–Kier alpha value is -0.920. The molecule has 4 heteroatoms. The monoisotopic (exact) mass is 273 g/mol. The highest BCUT2D eigenvalue weighted by Crippen LogP contribution is 2.60. The molecule has 0 aliphatic heterocycles. The summed E-state index contributed by atoms with van der Waals surface area (Å²) in [5.74, 6) is 4.20. The zero-order valence-electron chi connectivity index (χ0n) is 11.0. The minimum Gasteiger partial charge on any atom is -0.325 e. The van der Waals surface area contributed by atoms with Crippen molar-refractivity contribution in [3.05, 3.63) is 15.6 Å². The number of rotatable bonds is 2. The van der Waals surface area contributed by atoms with Crippen LogP contribution in [0.25, 0.3) is 0 Å². The maximum atomic E-state index is 9.34. The lowest BCUT2D eigenvalue weighted by atomic mass is 9.51. The van der Waals surface area contributed by atoms with Crippen molar-refractivity contribution in [2.24, 2.45) is 29.4 Å². The molecule has 0 saturated heterocycles. The van der Waals surface area contributed by atoms with Gasteiger partial charge in [0.25, 0.3) is 0 Å². The number of hydrogen-bond donors (Lipinski definition) is 1. The first-order valence-electron chi connectivity index (χ1n) is 7.38. The third-order valence-electron chi connectivity index (χ3n) is 5.51. The summed E-state index contributed by atoms with van der Waals surface area (Å²) in [7, 11) is 0. The molecule has 0 unspecified atom stereocenters. The van der Waals surface area contributed by atoms with Crippen LogP contribution in [0.5, 0.6) is 0 Å². The molecule has 1 aromatic rings. The number of nitrogens with two attached hydrogens (primary N) is 1. The van der Waals surface area contributed by atoms with Crippen molar-refractivity contribution in [2.45, 2.75) is 44.6 Å². The fourth-order valence-corrected chi connectivity index (χ4v) is 6.31. The average molecular weight is 273 g/mol. The first-order chi connectivity index (χ1) is 9.28. The van der Waals surface area contributed by atoms with Crippen LogP contribution in [0.1, 0.15) is 53.6 Å². The second-order valence-corrected chi connectivity index (χ2v) is 7.71.